The van der Waals surface area contributed by atoms with Crippen molar-refractivity contribution >= 4 is 6.09 Å². The van der Waals surface area contributed by atoms with Gasteiger partial charge in [0.15, 0.2) is 6.10 Å². The number of ether oxygens (including phenoxy) is 2. The molecule has 1 N–H and O–H groups in total. The Morgan fingerprint density at radius 2 is 2.42 bits per heavy atom. The number of halogens is 1. The largest absolute Gasteiger partial charge is 0.490 e. The van der Waals surface area contributed by atoms with Gasteiger partial charge in [0.2, 0.25) is 0 Å². The van der Waals surface area contributed by atoms with E-state index in [2.05, 4.69) is 0 Å². The van der Waals surface area contributed by atoms with Crippen LogP contribution in [0.1, 0.15) is 13.3 Å². The van der Waals surface area contributed by atoms with Crippen molar-refractivity contribution in [3.8, 4) is 5.75 Å². The maximum atomic E-state index is 12.9. The van der Waals surface area contributed by atoms with Gasteiger partial charge in [-0.1, -0.05) is 13.0 Å². The minimum absolute atomic E-state index is 0.127. The third-order valence-electron chi connectivity index (χ3n) is 2.86. The van der Waals surface area contributed by atoms with E-state index in [9.17, 15) is 14.3 Å². The molecule has 2 rings (SSSR count). The van der Waals surface area contributed by atoms with Crippen LogP contribution in [0, 0.1) is 5.82 Å². The summed E-state index contributed by atoms with van der Waals surface area (Å²) >= 11 is 0. The molecule has 1 amide bonds. The zero-order valence-electron chi connectivity index (χ0n) is 10.6. The average molecular weight is 269 g/mol. The van der Waals surface area contributed by atoms with Crippen LogP contribution in [0.5, 0.6) is 5.75 Å². The Morgan fingerprint density at radius 1 is 1.63 bits per heavy atom. The maximum Gasteiger partial charge on any atom is 0.412 e. The number of cyclic esters (lactones) is 1. The molecule has 5 nitrogen and oxygen atoms in total. The highest BCUT2D eigenvalue weighted by molar-refractivity contribution is 5.70. The number of carbonyl (C=O) groups is 1. The van der Waals surface area contributed by atoms with Crippen molar-refractivity contribution < 1.29 is 23.8 Å². The molecule has 0 radical (unpaired) electrons. The molecular formula is C13H16FNO4. The molecule has 6 heteroatoms. The van der Waals surface area contributed by atoms with E-state index >= 15 is 0 Å². The fraction of sp³-hybridized carbons (Fsp3) is 0.462. The van der Waals surface area contributed by atoms with E-state index in [4.69, 9.17) is 9.47 Å². The van der Waals surface area contributed by atoms with Gasteiger partial charge in [-0.3, -0.25) is 4.90 Å². The van der Waals surface area contributed by atoms with Crippen LogP contribution in [0.15, 0.2) is 24.3 Å². The summed E-state index contributed by atoms with van der Waals surface area (Å²) in [5, 5.41) is 9.60. The Labute approximate surface area is 110 Å². The van der Waals surface area contributed by atoms with Gasteiger partial charge in [-0.05, 0) is 18.6 Å². The quantitative estimate of drug-likeness (QED) is 0.884. The molecule has 0 saturated carbocycles. The summed E-state index contributed by atoms with van der Waals surface area (Å²) < 4.78 is 23.3. The predicted molar refractivity (Wildman–Crippen MR) is 65.2 cm³/mol. The van der Waals surface area contributed by atoms with Gasteiger partial charge in [0.05, 0.1) is 6.54 Å². The van der Waals surface area contributed by atoms with Gasteiger partial charge in [-0.25, -0.2) is 9.18 Å². The monoisotopic (exact) mass is 269 g/mol. The second-order valence-electron chi connectivity index (χ2n) is 4.32. The van der Waals surface area contributed by atoms with E-state index in [-0.39, 0.29) is 19.0 Å². The van der Waals surface area contributed by atoms with Gasteiger partial charge in [0, 0.05) is 6.07 Å². The zero-order valence-corrected chi connectivity index (χ0v) is 10.6. The lowest BCUT2D eigenvalue weighted by Gasteiger charge is -2.18. The first-order valence-electron chi connectivity index (χ1n) is 6.14. The number of aliphatic hydroxyl groups is 1. The molecule has 1 aliphatic rings. The summed E-state index contributed by atoms with van der Waals surface area (Å²) in [6.45, 7) is 2.17. The van der Waals surface area contributed by atoms with Crippen LogP contribution in [0.4, 0.5) is 9.18 Å². The SMILES string of the molecule is CCC(O)N1CC(COc2cccc(F)c2)OC1=O. The highest BCUT2D eigenvalue weighted by Gasteiger charge is 2.35. The molecular weight excluding hydrogens is 253 g/mol. The van der Waals surface area contributed by atoms with Crippen molar-refractivity contribution in [3.05, 3.63) is 30.1 Å². The van der Waals surface area contributed by atoms with Crippen molar-refractivity contribution in [1.29, 1.82) is 0 Å². The minimum Gasteiger partial charge on any atom is -0.490 e. The van der Waals surface area contributed by atoms with Gasteiger partial charge < -0.3 is 14.6 Å². The van der Waals surface area contributed by atoms with Crippen LogP contribution in [0.3, 0.4) is 0 Å². The molecule has 2 unspecified atom stereocenters. The highest BCUT2D eigenvalue weighted by Crippen LogP contribution is 2.17. The highest BCUT2D eigenvalue weighted by atomic mass is 19.1. The first kappa shape index (κ1) is 13.6. The summed E-state index contributed by atoms with van der Waals surface area (Å²) in [6, 6.07) is 5.74. The van der Waals surface area contributed by atoms with E-state index in [1.165, 1.54) is 17.0 Å². The topological polar surface area (TPSA) is 59.0 Å². The molecule has 19 heavy (non-hydrogen) atoms. The van der Waals surface area contributed by atoms with Gasteiger partial charge in [0.25, 0.3) is 0 Å². The molecule has 0 aliphatic carbocycles. The van der Waals surface area contributed by atoms with Gasteiger partial charge in [0.1, 0.15) is 24.4 Å². The summed E-state index contributed by atoms with van der Waals surface area (Å²) in [7, 11) is 0. The number of carbonyl (C=O) groups excluding carboxylic acids is 1. The Morgan fingerprint density at radius 3 is 3.11 bits per heavy atom. The van der Waals surface area contributed by atoms with E-state index in [1.807, 2.05) is 0 Å². The van der Waals surface area contributed by atoms with Gasteiger partial charge >= 0.3 is 6.09 Å². The van der Waals surface area contributed by atoms with E-state index < -0.39 is 18.4 Å². The third kappa shape index (κ3) is 3.35. The van der Waals surface area contributed by atoms with E-state index in [0.29, 0.717) is 12.2 Å². The molecule has 1 fully saturated rings. The lowest BCUT2D eigenvalue weighted by atomic mass is 10.3. The first-order chi connectivity index (χ1) is 9.10. The number of rotatable bonds is 5. The zero-order chi connectivity index (χ0) is 13.8. The van der Waals surface area contributed by atoms with Crippen LogP contribution in [0.2, 0.25) is 0 Å². The van der Waals surface area contributed by atoms with Crippen LogP contribution < -0.4 is 4.74 Å². The number of amides is 1. The summed E-state index contributed by atoms with van der Waals surface area (Å²) in [4.78, 5) is 12.7. The molecule has 2 atom stereocenters. The Kier molecular flexibility index (Phi) is 4.21. The lowest BCUT2D eigenvalue weighted by Crippen LogP contribution is -2.36. The molecule has 0 aromatic heterocycles. The van der Waals surface area contributed by atoms with Crippen LogP contribution in [-0.4, -0.2) is 41.6 Å². The molecule has 1 saturated heterocycles. The van der Waals surface area contributed by atoms with Crippen molar-refractivity contribution in [2.45, 2.75) is 25.7 Å². The fourth-order valence-corrected chi connectivity index (χ4v) is 1.84. The second kappa shape index (κ2) is 5.88. The predicted octanol–water partition coefficient (Wildman–Crippen LogP) is 1.75. The lowest BCUT2D eigenvalue weighted by molar-refractivity contribution is 0.0350. The Hall–Kier alpha value is -1.82. The van der Waals surface area contributed by atoms with Crippen molar-refractivity contribution in [1.82, 2.24) is 4.90 Å². The molecule has 1 aromatic carbocycles. The smallest absolute Gasteiger partial charge is 0.412 e. The van der Waals surface area contributed by atoms with Crippen molar-refractivity contribution in [2.75, 3.05) is 13.2 Å². The molecule has 0 spiro atoms. The molecule has 1 aromatic rings. The summed E-state index contributed by atoms with van der Waals surface area (Å²) in [6.07, 6.45) is -1.42. The summed E-state index contributed by atoms with van der Waals surface area (Å²) in [5.41, 5.74) is 0. The summed E-state index contributed by atoms with van der Waals surface area (Å²) in [5.74, 6) is -0.00510. The Balaban J connectivity index is 1.86. The van der Waals surface area contributed by atoms with E-state index in [1.54, 1.807) is 19.1 Å². The molecule has 1 heterocycles. The average Bonchev–Trinajstić information content (AvgIpc) is 2.77. The second-order valence-corrected chi connectivity index (χ2v) is 4.32. The third-order valence-corrected chi connectivity index (χ3v) is 2.86. The minimum atomic E-state index is -0.841. The van der Waals surface area contributed by atoms with Gasteiger partial charge in [-0.15, -0.1) is 0 Å². The number of aliphatic hydroxyl groups excluding tert-OH is 1. The standard InChI is InChI=1S/C13H16FNO4/c1-2-12(16)15-7-11(19-13(15)17)8-18-10-5-3-4-9(14)6-10/h3-6,11-12,16H,2,7-8H2,1H3. The van der Waals surface area contributed by atoms with Crippen molar-refractivity contribution in [3.63, 3.8) is 0 Å². The molecule has 0 bridgehead atoms. The number of nitrogens with zero attached hydrogens (tertiary/aromatic N) is 1. The van der Waals surface area contributed by atoms with Crippen LogP contribution >= 0.6 is 0 Å². The maximum absolute atomic E-state index is 12.9. The van der Waals surface area contributed by atoms with Crippen molar-refractivity contribution in [2.24, 2.45) is 0 Å². The number of hydrogen-bond acceptors (Lipinski definition) is 4. The fourth-order valence-electron chi connectivity index (χ4n) is 1.84. The normalized spacial score (nSPS) is 20.3. The Bertz CT molecular complexity index is 454. The number of benzene rings is 1. The van der Waals surface area contributed by atoms with Gasteiger partial charge in [-0.2, -0.15) is 0 Å². The molecule has 1 aliphatic heterocycles. The number of hydrogen-bond donors (Lipinski definition) is 1. The van der Waals surface area contributed by atoms with Crippen LogP contribution in [-0.2, 0) is 4.74 Å². The van der Waals surface area contributed by atoms with Crippen LogP contribution in [0.25, 0.3) is 0 Å². The van der Waals surface area contributed by atoms with E-state index in [0.717, 1.165) is 0 Å². The first-order valence-corrected chi connectivity index (χ1v) is 6.14. The molecule has 104 valence electrons.